The summed E-state index contributed by atoms with van der Waals surface area (Å²) in [6, 6.07) is 4.08. The number of aliphatic imine (C=N–C) groups is 1. The molecular weight excluding hydrogens is 291 g/mol. The van der Waals surface area contributed by atoms with E-state index in [2.05, 4.69) is 10.3 Å². The van der Waals surface area contributed by atoms with Crippen molar-refractivity contribution in [2.24, 2.45) is 4.99 Å². The summed E-state index contributed by atoms with van der Waals surface area (Å²) in [5.74, 6) is 0.290. The van der Waals surface area contributed by atoms with Gasteiger partial charge in [-0.2, -0.15) is 13.2 Å². The van der Waals surface area contributed by atoms with E-state index in [-0.39, 0.29) is 5.92 Å². The number of piperidine rings is 1. The highest BCUT2D eigenvalue weighted by atomic mass is 19.4. The molecule has 1 aromatic rings. The molecule has 3 rings (SSSR count). The molecule has 2 aliphatic rings. The van der Waals surface area contributed by atoms with Gasteiger partial charge in [-0.15, -0.1) is 0 Å². The predicted octanol–water partition coefficient (Wildman–Crippen LogP) is 3.53. The van der Waals surface area contributed by atoms with Crippen molar-refractivity contribution in [1.82, 2.24) is 5.32 Å². The summed E-state index contributed by atoms with van der Waals surface area (Å²) in [5.41, 5.74) is 0.995. The molecule has 3 nitrogen and oxygen atoms in total. The standard InChI is InChI=1S/C16H18F3N3/c17-16(18,19)13-2-3-14(12-4-7-20-8-5-12)15(10-13)22-9-1-6-21-11-22/h1-3,6,9-10,12,20H,4-5,7-8,11H2. The van der Waals surface area contributed by atoms with Crippen LogP contribution < -0.4 is 10.2 Å². The smallest absolute Gasteiger partial charge is 0.328 e. The number of rotatable bonds is 2. The van der Waals surface area contributed by atoms with Gasteiger partial charge in [0.25, 0.3) is 0 Å². The van der Waals surface area contributed by atoms with E-state index in [9.17, 15) is 13.2 Å². The van der Waals surface area contributed by atoms with Gasteiger partial charge in [0, 0.05) is 18.1 Å². The molecule has 118 valence electrons. The summed E-state index contributed by atoms with van der Waals surface area (Å²) in [7, 11) is 0. The third-order valence-corrected chi connectivity index (χ3v) is 4.14. The summed E-state index contributed by atoms with van der Waals surface area (Å²) in [6.07, 6.45) is 2.75. The number of allylic oxidation sites excluding steroid dienone is 1. The van der Waals surface area contributed by atoms with Gasteiger partial charge >= 0.3 is 6.18 Å². The molecule has 0 spiro atoms. The minimum atomic E-state index is -4.33. The van der Waals surface area contributed by atoms with Crippen LogP contribution >= 0.6 is 0 Å². The van der Waals surface area contributed by atoms with Gasteiger partial charge in [0.2, 0.25) is 0 Å². The Kier molecular flexibility index (Phi) is 4.20. The summed E-state index contributed by atoms with van der Waals surface area (Å²) < 4.78 is 39.1. The molecule has 0 bridgehead atoms. The van der Waals surface area contributed by atoms with Crippen LogP contribution in [0.15, 0.2) is 35.5 Å². The largest absolute Gasteiger partial charge is 0.416 e. The van der Waals surface area contributed by atoms with Crippen molar-refractivity contribution in [2.45, 2.75) is 24.9 Å². The van der Waals surface area contributed by atoms with E-state index >= 15 is 0 Å². The maximum absolute atomic E-state index is 13.0. The van der Waals surface area contributed by atoms with Gasteiger partial charge in [-0.25, -0.2) is 0 Å². The molecule has 1 fully saturated rings. The molecule has 0 aromatic heterocycles. The van der Waals surface area contributed by atoms with E-state index in [1.165, 1.54) is 12.1 Å². The zero-order valence-corrected chi connectivity index (χ0v) is 12.1. The lowest BCUT2D eigenvalue weighted by Crippen LogP contribution is -2.28. The minimum absolute atomic E-state index is 0.290. The maximum Gasteiger partial charge on any atom is 0.416 e. The lowest BCUT2D eigenvalue weighted by atomic mass is 9.88. The minimum Gasteiger partial charge on any atom is -0.328 e. The molecule has 2 aliphatic heterocycles. The molecular formula is C16H18F3N3. The Hall–Kier alpha value is -1.82. The molecule has 0 aliphatic carbocycles. The normalized spacial score (nSPS) is 19.7. The molecule has 6 heteroatoms. The lowest BCUT2D eigenvalue weighted by Gasteiger charge is -2.30. The fourth-order valence-electron chi connectivity index (χ4n) is 2.99. The zero-order chi connectivity index (χ0) is 15.6. The van der Waals surface area contributed by atoms with E-state index < -0.39 is 11.7 Å². The van der Waals surface area contributed by atoms with Crippen LogP contribution in [-0.2, 0) is 6.18 Å². The SMILES string of the molecule is FC(F)(F)c1ccc(C2CCNCC2)c(N2C=CC=NC2)c1. The molecule has 1 aromatic carbocycles. The number of nitrogens with zero attached hydrogens (tertiary/aromatic N) is 2. The highest BCUT2D eigenvalue weighted by Gasteiger charge is 2.32. The average Bonchev–Trinajstić information content (AvgIpc) is 2.55. The first-order chi connectivity index (χ1) is 10.6. The van der Waals surface area contributed by atoms with Gasteiger partial charge in [0.05, 0.1) is 5.56 Å². The first-order valence-corrected chi connectivity index (χ1v) is 7.41. The number of alkyl halides is 3. The van der Waals surface area contributed by atoms with Crippen LogP contribution in [0.25, 0.3) is 0 Å². The monoisotopic (exact) mass is 309 g/mol. The Balaban J connectivity index is 2.00. The molecule has 2 heterocycles. The molecule has 0 amide bonds. The summed E-state index contributed by atoms with van der Waals surface area (Å²) in [4.78, 5) is 5.92. The van der Waals surface area contributed by atoms with Crippen LogP contribution in [0.2, 0.25) is 0 Å². The topological polar surface area (TPSA) is 27.6 Å². The summed E-state index contributed by atoms with van der Waals surface area (Å²) >= 11 is 0. The second kappa shape index (κ2) is 6.12. The van der Waals surface area contributed by atoms with E-state index in [1.807, 2.05) is 0 Å². The number of anilines is 1. The summed E-state index contributed by atoms with van der Waals surface area (Å²) in [5, 5.41) is 3.29. The Labute approximate surface area is 127 Å². The molecule has 0 radical (unpaired) electrons. The van der Waals surface area contributed by atoms with Crippen LogP contribution in [0.4, 0.5) is 18.9 Å². The highest BCUT2D eigenvalue weighted by molar-refractivity contribution is 5.74. The van der Waals surface area contributed by atoms with E-state index in [0.29, 0.717) is 12.4 Å². The van der Waals surface area contributed by atoms with Gasteiger partial charge in [-0.1, -0.05) is 6.07 Å². The van der Waals surface area contributed by atoms with Crippen molar-refractivity contribution in [3.8, 4) is 0 Å². The van der Waals surface area contributed by atoms with Crippen molar-refractivity contribution >= 4 is 11.9 Å². The van der Waals surface area contributed by atoms with Crippen molar-refractivity contribution in [1.29, 1.82) is 0 Å². The van der Waals surface area contributed by atoms with Crippen molar-refractivity contribution in [2.75, 3.05) is 24.7 Å². The number of nitrogens with one attached hydrogen (secondary N) is 1. The summed E-state index contributed by atoms with van der Waals surface area (Å²) in [6.45, 7) is 2.16. The zero-order valence-electron chi connectivity index (χ0n) is 12.1. The second-order valence-corrected chi connectivity index (χ2v) is 5.58. The van der Waals surface area contributed by atoms with Gasteiger partial charge < -0.3 is 10.2 Å². The molecule has 0 unspecified atom stereocenters. The molecule has 0 saturated carbocycles. The van der Waals surface area contributed by atoms with Crippen LogP contribution in [0.3, 0.4) is 0 Å². The van der Waals surface area contributed by atoms with Gasteiger partial charge in [-0.05, 0) is 55.6 Å². The second-order valence-electron chi connectivity index (χ2n) is 5.58. The van der Waals surface area contributed by atoms with Crippen LogP contribution in [0, 0.1) is 0 Å². The van der Waals surface area contributed by atoms with E-state index in [0.717, 1.165) is 31.5 Å². The highest BCUT2D eigenvalue weighted by Crippen LogP contribution is 2.38. The lowest BCUT2D eigenvalue weighted by molar-refractivity contribution is -0.137. The van der Waals surface area contributed by atoms with Crippen LogP contribution in [-0.4, -0.2) is 26.0 Å². The third-order valence-electron chi connectivity index (χ3n) is 4.14. The molecule has 22 heavy (non-hydrogen) atoms. The maximum atomic E-state index is 13.0. The van der Waals surface area contributed by atoms with Crippen LogP contribution in [0.1, 0.15) is 29.9 Å². The number of hydrogen-bond acceptors (Lipinski definition) is 3. The van der Waals surface area contributed by atoms with Gasteiger partial charge in [0.15, 0.2) is 0 Å². The third kappa shape index (κ3) is 3.16. The van der Waals surface area contributed by atoms with Crippen molar-refractivity contribution < 1.29 is 13.2 Å². The van der Waals surface area contributed by atoms with Crippen molar-refractivity contribution in [3.63, 3.8) is 0 Å². The van der Waals surface area contributed by atoms with E-state index in [1.54, 1.807) is 29.5 Å². The van der Waals surface area contributed by atoms with Gasteiger partial charge in [0.1, 0.15) is 6.67 Å². The average molecular weight is 309 g/mol. The molecule has 1 N–H and O–H groups in total. The number of hydrogen-bond donors (Lipinski definition) is 1. The Morgan fingerprint density at radius 3 is 2.59 bits per heavy atom. The Morgan fingerprint density at radius 2 is 1.95 bits per heavy atom. The Morgan fingerprint density at radius 1 is 1.18 bits per heavy atom. The Bertz CT molecular complexity index is 587. The van der Waals surface area contributed by atoms with E-state index in [4.69, 9.17) is 0 Å². The predicted molar refractivity (Wildman–Crippen MR) is 81.3 cm³/mol. The fourth-order valence-corrected chi connectivity index (χ4v) is 2.99. The number of halogens is 3. The first kappa shape index (κ1) is 15.1. The molecule has 1 saturated heterocycles. The number of benzene rings is 1. The first-order valence-electron chi connectivity index (χ1n) is 7.41. The van der Waals surface area contributed by atoms with Crippen molar-refractivity contribution in [3.05, 3.63) is 41.6 Å². The molecule has 0 atom stereocenters. The van der Waals surface area contributed by atoms with Crippen LogP contribution in [0.5, 0.6) is 0 Å². The fraction of sp³-hybridized carbons (Fsp3) is 0.438. The van der Waals surface area contributed by atoms with Gasteiger partial charge in [-0.3, -0.25) is 4.99 Å². The quantitative estimate of drug-likeness (QED) is 0.905.